The highest BCUT2D eigenvalue weighted by Gasteiger charge is 2.15. The van der Waals surface area contributed by atoms with Crippen molar-refractivity contribution in [1.29, 1.82) is 0 Å². The predicted molar refractivity (Wildman–Crippen MR) is 68.2 cm³/mol. The lowest BCUT2D eigenvalue weighted by molar-refractivity contribution is 0.0691. The first-order valence-corrected chi connectivity index (χ1v) is 6.01. The summed E-state index contributed by atoms with van der Waals surface area (Å²) in [6, 6.07) is 7.34. The van der Waals surface area contributed by atoms with Gasteiger partial charge in [-0.1, -0.05) is 18.2 Å². The van der Waals surface area contributed by atoms with Crippen molar-refractivity contribution in [1.82, 2.24) is 4.98 Å². The first-order chi connectivity index (χ1) is 8.58. The highest BCUT2D eigenvalue weighted by molar-refractivity contribution is 7.12. The number of thiazole rings is 1. The van der Waals surface area contributed by atoms with Crippen molar-refractivity contribution >= 4 is 28.9 Å². The number of aryl methyl sites for hydroxylation is 1. The van der Waals surface area contributed by atoms with E-state index < -0.39 is 11.9 Å². The number of rotatable bonds is 3. The Morgan fingerprint density at radius 3 is 2.67 bits per heavy atom. The van der Waals surface area contributed by atoms with Crippen LogP contribution in [0.2, 0.25) is 0 Å². The van der Waals surface area contributed by atoms with Crippen molar-refractivity contribution in [3.05, 3.63) is 45.9 Å². The average molecular weight is 262 g/mol. The van der Waals surface area contributed by atoms with E-state index in [1.807, 2.05) is 25.1 Å². The molecule has 6 heteroatoms. The SMILES string of the molecule is Cc1ccccc1NC(=O)c1nc(C(=O)O)cs1. The zero-order valence-corrected chi connectivity index (χ0v) is 10.3. The second-order valence-corrected chi connectivity index (χ2v) is 4.47. The highest BCUT2D eigenvalue weighted by Crippen LogP contribution is 2.16. The number of carboxylic acids is 1. The fourth-order valence-corrected chi connectivity index (χ4v) is 2.05. The molecule has 5 nitrogen and oxygen atoms in total. The lowest BCUT2D eigenvalue weighted by atomic mass is 10.2. The van der Waals surface area contributed by atoms with Gasteiger partial charge in [0.25, 0.3) is 5.91 Å². The topological polar surface area (TPSA) is 79.3 Å². The third kappa shape index (κ3) is 2.54. The molecule has 1 aromatic heterocycles. The molecule has 2 aromatic rings. The molecule has 2 rings (SSSR count). The molecule has 1 amide bonds. The first-order valence-electron chi connectivity index (χ1n) is 5.13. The lowest BCUT2D eigenvalue weighted by Crippen LogP contribution is -2.13. The Morgan fingerprint density at radius 2 is 2.06 bits per heavy atom. The number of benzene rings is 1. The molecule has 0 saturated carbocycles. The number of aromatic nitrogens is 1. The zero-order chi connectivity index (χ0) is 13.1. The van der Waals surface area contributed by atoms with E-state index in [1.165, 1.54) is 5.38 Å². The number of hydrogen-bond acceptors (Lipinski definition) is 4. The molecule has 2 N–H and O–H groups in total. The van der Waals surface area contributed by atoms with E-state index in [1.54, 1.807) is 6.07 Å². The van der Waals surface area contributed by atoms with Gasteiger partial charge in [0.1, 0.15) is 0 Å². The number of para-hydroxylation sites is 1. The number of carboxylic acid groups (broad SMARTS) is 1. The molecule has 0 aliphatic carbocycles. The van der Waals surface area contributed by atoms with Gasteiger partial charge < -0.3 is 10.4 Å². The van der Waals surface area contributed by atoms with Crippen LogP contribution in [0.25, 0.3) is 0 Å². The van der Waals surface area contributed by atoms with Gasteiger partial charge in [-0.15, -0.1) is 11.3 Å². The first kappa shape index (κ1) is 12.3. The van der Waals surface area contributed by atoms with Gasteiger partial charge in [-0.25, -0.2) is 9.78 Å². The smallest absolute Gasteiger partial charge is 0.355 e. The molecular weight excluding hydrogens is 252 g/mol. The molecule has 0 unspecified atom stereocenters. The Balaban J connectivity index is 2.17. The van der Waals surface area contributed by atoms with E-state index in [0.29, 0.717) is 5.69 Å². The number of nitrogens with one attached hydrogen (secondary N) is 1. The molecule has 0 spiro atoms. The molecule has 0 fully saturated rings. The van der Waals surface area contributed by atoms with Gasteiger partial charge in [0.05, 0.1) is 0 Å². The van der Waals surface area contributed by atoms with E-state index in [4.69, 9.17) is 5.11 Å². The van der Waals surface area contributed by atoms with Crippen molar-refractivity contribution in [3.8, 4) is 0 Å². The van der Waals surface area contributed by atoms with Crippen LogP contribution in [0.3, 0.4) is 0 Å². The molecule has 18 heavy (non-hydrogen) atoms. The van der Waals surface area contributed by atoms with E-state index in [-0.39, 0.29) is 10.7 Å². The zero-order valence-electron chi connectivity index (χ0n) is 9.51. The van der Waals surface area contributed by atoms with Crippen LogP contribution >= 0.6 is 11.3 Å². The Kier molecular flexibility index (Phi) is 3.38. The summed E-state index contributed by atoms with van der Waals surface area (Å²) in [5.41, 5.74) is 1.50. The maximum absolute atomic E-state index is 11.8. The van der Waals surface area contributed by atoms with E-state index in [0.717, 1.165) is 16.9 Å². The Labute approximate surface area is 107 Å². The van der Waals surface area contributed by atoms with E-state index >= 15 is 0 Å². The minimum absolute atomic E-state index is 0.116. The molecule has 0 radical (unpaired) electrons. The molecule has 0 aliphatic heterocycles. The molecule has 0 aliphatic rings. The highest BCUT2D eigenvalue weighted by atomic mass is 32.1. The number of aromatic carboxylic acids is 1. The average Bonchev–Trinajstić information content (AvgIpc) is 2.81. The summed E-state index contributed by atoms with van der Waals surface area (Å²) >= 11 is 1.01. The number of anilines is 1. The van der Waals surface area contributed by atoms with Crippen LogP contribution < -0.4 is 5.32 Å². The van der Waals surface area contributed by atoms with Crippen molar-refractivity contribution in [2.24, 2.45) is 0 Å². The maximum Gasteiger partial charge on any atom is 0.355 e. The van der Waals surface area contributed by atoms with Crippen molar-refractivity contribution in [3.63, 3.8) is 0 Å². The van der Waals surface area contributed by atoms with Gasteiger partial charge in [-0.05, 0) is 18.6 Å². The summed E-state index contributed by atoms with van der Waals surface area (Å²) < 4.78 is 0. The summed E-state index contributed by atoms with van der Waals surface area (Å²) in [5, 5.41) is 12.9. The number of carbonyl (C=O) groups excluding carboxylic acids is 1. The molecule has 0 atom stereocenters. The van der Waals surface area contributed by atoms with Crippen molar-refractivity contribution in [2.45, 2.75) is 6.92 Å². The van der Waals surface area contributed by atoms with Gasteiger partial charge in [-0.3, -0.25) is 4.79 Å². The third-order valence-electron chi connectivity index (χ3n) is 2.31. The van der Waals surface area contributed by atoms with E-state index in [2.05, 4.69) is 10.3 Å². The van der Waals surface area contributed by atoms with Crippen molar-refractivity contribution in [2.75, 3.05) is 5.32 Å². The molecular formula is C12H10N2O3S. The molecule has 92 valence electrons. The minimum atomic E-state index is -1.14. The quantitative estimate of drug-likeness (QED) is 0.890. The lowest BCUT2D eigenvalue weighted by Gasteiger charge is -2.05. The Hall–Kier alpha value is -2.21. The van der Waals surface area contributed by atoms with Crippen LogP contribution in [0.1, 0.15) is 25.9 Å². The van der Waals surface area contributed by atoms with Crippen molar-refractivity contribution < 1.29 is 14.7 Å². The summed E-state index contributed by atoms with van der Waals surface area (Å²) in [6.45, 7) is 1.88. The monoisotopic (exact) mass is 262 g/mol. The van der Waals surface area contributed by atoms with Gasteiger partial charge in [0, 0.05) is 11.1 Å². The Morgan fingerprint density at radius 1 is 1.33 bits per heavy atom. The second-order valence-electron chi connectivity index (χ2n) is 3.61. The number of carbonyl (C=O) groups is 2. The second kappa shape index (κ2) is 4.97. The van der Waals surface area contributed by atoms with Gasteiger partial charge >= 0.3 is 5.97 Å². The van der Waals surface area contributed by atoms with Crippen LogP contribution in [0.15, 0.2) is 29.6 Å². The normalized spacial score (nSPS) is 10.1. The Bertz CT molecular complexity index is 607. The summed E-state index contributed by atoms with van der Waals surface area (Å²) in [7, 11) is 0. The molecule has 0 saturated heterocycles. The molecule has 0 bridgehead atoms. The summed E-state index contributed by atoms with van der Waals surface area (Å²) in [5.74, 6) is -1.54. The van der Waals surface area contributed by atoms with Gasteiger partial charge in [-0.2, -0.15) is 0 Å². The number of hydrogen-bond donors (Lipinski definition) is 2. The standard InChI is InChI=1S/C12H10N2O3S/c1-7-4-2-3-5-8(7)13-10(15)11-14-9(6-18-11)12(16)17/h2-6H,1H3,(H,13,15)(H,16,17). The molecule has 1 aromatic carbocycles. The fourth-order valence-electron chi connectivity index (χ4n) is 1.37. The summed E-state index contributed by atoms with van der Waals surface area (Å²) in [6.07, 6.45) is 0. The van der Waals surface area contributed by atoms with Crippen LogP contribution in [-0.4, -0.2) is 22.0 Å². The van der Waals surface area contributed by atoms with Crippen LogP contribution in [-0.2, 0) is 0 Å². The molecule has 1 heterocycles. The fraction of sp³-hybridized carbons (Fsp3) is 0.0833. The summed E-state index contributed by atoms with van der Waals surface area (Å²) in [4.78, 5) is 26.3. The predicted octanol–water partition coefficient (Wildman–Crippen LogP) is 2.40. The number of nitrogens with zero attached hydrogens (tertiary/aromatic N) is 1. The van der Waals surface area contributed by atoms with Crippen LogP contribution in [0, 0.1) is 6.92 Å². The van der Waals surface area contributed by atoms with Crippen LogP contribution in [0.4, 0.5) is 5.69 Å². The minimum Gasteiger partial charge on any atom is -0.476 e. The van der Waals surface area contributed by atoms with Gasteiger partial charge in [0.2, 0.25) is 0 Å². The van der Waals surface area contributed by atoms with Crippen LogP contribution in [0.5, 0.6) is 0 Å². The third-order valence-corrected chi connectivity index (χ3v) is 3.15. The van der Waals surface area contributed by atoms with E-state index in [9.17, 15) is 9.59 Å². The largest absolute Gasteiger partial charge is 0.476 e. The number of amides is 1. The van der Waals surface area contributed by atoms with Gasteiger partial charge in [0.15, 0.2) is 10.7 Å². The maximum atomic E-state index is 11.8.